The Labute approximate surface area is 108 Å². The summed E-state index contributed by atoms with van der Waals surface area (Å²) in [6.45, 7) is 0. The molecule has 1 N–H and O–H groups in total. The molecule has 0 amide bonds. The van der Waals surface area contributed by atoms with Crippen molar-refractivity contribution in [3.05, 3.63) is 52.8 Å². The van der Waals surface area contributed by atoms with Crippen LogP contribution >= 0.6 is 0 Å². The maximum Gasteiger partial charge on any atom is 0.407 e. The molecule has 1 heterocycles. The van der Waals surface area contributed by atoms with Crippen molar-refractivity contribution >= 4 is 21.7 Å². The second-order valence-corrected chi connectivity index (χ2v) is 5.09. The van der Waals surface area contributed by atoms with Gasteiger partial charge in [-0.15, -0.1) is 0 Å². The van der Waals surface area contributed by atoms with Gasteiger partial charge in [0.2, 0.25) is 5.82 Å². The molecule has 0 bridgehead atoms. The molecule has 0 unspecified atom stereocenters. The lowest BCUT2D eigenvalue weighted by molar-refractivity contribution is -0.388. The summed E-state index contributed by atoms with van der Waals surface area (Å²) in [5, 5.41) is 10.7. The third-order valence-corrected chi connectivity index (χ3v) is 3.49. The number of anilines is 1. The number of sulfonamides is 1. The summed E-state index contributed by atoms with van der Waals surface area (Å²) in [5.74, 6) is -1.07. The lowest BCUT2D eigenvalue weighted by Gasteiger charge is -2.06. The molecule has 0 aliphatic carbocycles. The smallest absolute Gasteiger partial charge is 0.358 e. The summed E-state index contributed by atoms with van der Waals surface area (Å²) in [6, 6.07) is 7.47. The number of benzene rings is 1. The first-order valence-electron chi connectivity index (χ1n) is 5.04. The van der Waals surface area contributed by atoms with Gasteiger partial charge in [-0.1, -0.05) is 18.2 Å². The lowest BCUT2D eigenvalue weighted by Crippen LogP contribution is -2.15. The van der Waals surface area contributed by atoms with Crippen LogP contribution in [0.15, 0.2) is 47.6 Å². The van der Waals surface area contributed by atoms with Crippen LogP contribution in [-0.4, -0.2) is 23.3 Å². The predicted molar refractivity (Wildman–Crippen MR) is 65.9 cm³/mol. The molecule has 0 radical (unpaired) electrons. The molecule has 1 aromatic heterocycles. The standard InChI is InChI=1S/C10H8N4O4S/c15-14(16)10-9(11-6-7-12-10)13-19(17,18)8-4-2-1-3-5-8/h1-7H,(H,11,13). The number of rotatable bonds is 4. The zero-order valence-electron chi connectivity index (χ0n) is 9.42. The van der Waals surface area contributed by atoms with Gasteiger partial charge in [-0.2, -0.15) is 0 Å². The monoisotopic (exact) mass is 280 g/mol. The third-order valence-electron chi connectivity index (χ3n) is 2.14. The number of nitrogens with one attached hydrogen (secondary N) is 1. The highest BCUT2D eigenvalue weighted by Crippen LogP contribution is 2.20. The van der Waals surface area contributed by atoms with Gasteiger partial charge in [-0.3, -0.25) is 4.72 Å². The van der Waals surface area contributed by atoms with Gasteiger partial charge in [0.1, 0.15) is 0 Å². The van der Waals surface area contributed by atoms with Crippen LogP contribution in [0, 0.1) is 10.1 Å². The first-order chi connectivity index (χ1) is 9.00. The molecule has 0 atom stereocenters. The average Bonchev–Trinajstić information content (AvgIpc) is 2.39. The SMILES string of the molecule is O=[N+]([O-])c1nccnc1NS(=O)(=O)c1ccccc1. The van der Waals surface area contributed by atoms with Crippen molar-refractivity contribution in [3.8, 4) is 0 Å². The van der Waals surface area contributed by atoms with Crippen molar-refractivity contribution in [2.24, 2.45) is 0 Å². The van der Waals surface area contributed by atoms with E-state index in [1.807, 2.05) is 4.72 Å². The largest absolute Gasteiger partial charge is 0.407 e. The van der Waals surface area contributed by atoms with Crippen molar-refractivity contribution in [1.29, 1.82) is 0 Å². The van der Waals surface area contributed by atoms with Crippen LogP contribution < -0.4 is 4.72 Å². The van der Waals surface area contributed by atoms with E-state index in [2.05, 4.69) is 9.97 Å². The Bertz CT molecular complexity index is 702. The van der Waals surface area contributed by atoms with E-state index in [1.165, 1.54) is 12.1 Å². The number of aromatic nitrogens is 2. The first kappa shape index (κ1) is 12.9. The highest BCUT2D eigenvalue weighted by molar-refractivity contribution is 7.92. The van der Waals surface area contributed by atoms with Crippen LogP contribution in [0.5, 0.6) is 0 Å². The molecular formula is C10H8N4O4S. The number of hydrogen-bond donors (Lipinski definition) is 1. The molecule has 0 saturated carbocycles. The summed E-state index contributed by atoms with van der Waals surface area (Å²) in [7, 11) is -3.93. The molecule has 0 spiro atoms. The minimum absolute atomic E-state index is 0.0186. The molecular weight excluding hydrogens is 272 g/mol. The predicted octanol–water partition coefficient (Wildman–Crippen LogP) is 1.19. The lowest BCUT2D eigenvalue weighted by atomic mass is 10.4. The molecule has 2 rings (SSSR count). The molecule has 8 nitrogen and oxygen atoms in total. The molecule has 0 aliphatic heterocycles. The van der Waals surface area contributed by atoms with E-state index in [9.17, 15) is 18.5 Å². The van der Waals surface area contributed by atoms with Crippen LogP contribution in [0.25, 0.3) is 0 Å². The van der Waals surface area contributed by atoms with Crippen molar-refractivity contribution in [2.45, 2.75) is 4.90 Å². The van der Waals surface area contributed by atoms with Crippen LogP contribution in [0.4, 0.5) is 11.6 Å². The fraction of sp³-hybridized carbons (Fsp3) is 0. The Morgan fingerprint density at radius 1 is 1.11 bits per heavy atom. The third kappa shape index (κ3) is 2.83. The molecule has 9 heteroatoms. The quantitative estimate of drug-likeness (QED) is 0.664. The van der Waals surface area contributed by atoms with E-state index in [1.54, 1.807) is 18.2 Å². The van der Waals surface area contributed by atoms with E-state index in [0.29, 0.717) is 0 Å². The van der Waals surface area contributed by atoms with Crippen molar-refractivity contribution in [2.75, 3.05) is 4.72 Å². The summed E-state index contributed by atoms with van der Waals surface area (Å²) in [4.78, 5) is 17.0. The van der Waals surface area contributed by atoms with Crippen LogP contribution in [0.2, 0.25) is 0 Å². The maximum atomic E-state index is 12.0. The molecule has 0 aliphatic rings. The first-order valence-corrected chi connectivity index (χ1v) is 6.52. The Kier molecular flexibility index (Phi) is 3.38. The van der Waals surface area contributed by atoms with Gasteiger partial charge in [-0.25, -0.2) is 13.4 Å². The highest BCUT2D eigenvalue weighted by Gasteiger charge is 2.22. The van der Waals surface area contributed by atoms with E-state index in [0.717, 1.165) is 12.4 Å². The molecule has 0 fully saturated rings. The zero-order chi connectivity index (χ0) is 13.9. The Balaban J connectivity index is 2.39. The molecule has 98 valence electrons. The summed E-state index contributed by atoms with van der Waals surface area (Å²) in [5.41, 5.74) is 0. The van der Waals surface area contributed by atoms with Gasteiger partial charge >= 0.3 is 5.82 Å². The van der Waals surface area contributed by atoms with Gasteiger partial charge in [0, 0.05) is 0 Å². The van der Waals surface area contributed by atoms with E-state index in [-0.39, 0.29) is 4.90 Å². The molecule has 2 aromatic rings. The van der Waals surface area contributed by atoms with E-state index < -0.39 is 26.6 Å². The van der Waals surface area contributed by atoms with Gasteiger partial charge in [0.05, 0.1) is 11.1 Å². The molecule has 19 heavy (non-hydrogen) atoms. The number of hydrogen-bond acceptors (Lipinski definition) is 6. The molecule has 1 aromatic carbocycles. The Morgan fingerprint density at radius 2 is 1.74 bits per heavy atom. The van der Waals surface area contributed by atoms with E-state index >= 15 is 0 Å². The normalized spacial score (nSPS) is 10.9. The summed E-state index contributed by atoms with van der Waals surface area (Å²) < 4.78 is 26.0. The van der Waals surface area contributed by atoms with Gasteiger partial charge in [0.15, 0.2) is 6.20 Å². The fourth-order valence-electron chi connectivity index (χ4n) is 1.32. The van der Waals surface area contributed by atoms with Crippen molar-refractivity contribution < 1.29 is 13.3 Å². The Morgan fingerprint density at radius 3 is 2.37 bits per heavy atom. The van der Waals surface area contributed by atoms with Crippen molar-refractivity contribution in [3.63, 3.8) is 0 Å². The second-order valence-electron chi connectivity index (χ2n) is 3.40. The van der Waals surface area contributed by atoms with E-state index in [4.69, 9.17) is 0 Å². The van der Waals surface area contributed by atoms with Crippen LogP contribution in [-0.2, 0) is 10.0 Å². The van der Waals surface area contributed by atoms with Crippen LogP contribution in [0.3, 0.4) is 0 Å². The van der Waals surface area contributed by atoms with Gasteiger partial charge in [-0.05, 0) is 22.0 Å². The fourth-order valence-corrected chi connectivity index (χ4v) is 2.35. The van der Waals surface area contributed by atoms with Crippen LogP contribution in [0.1, 0.15) is 0 Å². The highest BCUT2D eigenvalue weighted by atomic mass is 32.2. The number of nitro groups is 1. The Hall–Kier alpha value is -2.55. The minimum Gasteiger partial charge on any atom is -0.358 e. The van der Waals surface area contributed by atoms with Crippen molar-refractivity contribution in [1.82, 2.24) is 9.97 Å². The van der Waals surface area contributed by atoms with Gasteiger partial charge in [0.25, 0.3) is 10.0 Å². The van der Waals surface area contributed by atoms with Gasteiger partial charge < -0.3 is 10.1 Å². The molecule has 0 saturated heterocycles. The maximum absolute atomic E-state index is 12.0. The summed E-state index contributed by atoms with van der Waals surface area (Å²) in [6.07, 6.45) is 2.27. The summed E-state index contributed by atoms with van der Waals surface area (Å²) >= 11 is 0. The second kappa shape index (κ2) is 4.98. The topological polar surface area (TPSA) is 115 Å². The average molecular weight is 280 g/mol. The number of nitrogens with zero attached hydrogens (tertiary/aromatic N) is 3. The zero-order valence-corrected chi connectivity index (χ0v) is 10.2. The minimum atomic E-state index is -3.93.